The number of amides is 1. The molecule has 8 nitrogen and oxygen atoms in total. The first kappa shape index (κ1) is 18.4. The number of halogens is 3. The molecule has 0 unspecified atom stereocenters. The second-order valence-corrected chi connectivity index (χ2v) is 5.88. The Hall–Kier alpha value is -3.37. The number of imidazole rings is 1. The number of rotatable bonds is 3. The summed E-state index contributed by atoms with van der Waals surface area (Å²) < 4.78 is 41.5. The molecule has 0 aliphatic carbocycles. The summed E-state index contributed by atoms with van der Waals surface area (Å²) in [5, 5.41) is 2.35. The van der Waals surface area contributed by atoms with Crippen LogP contribution in [0.4, 0.5) is 18.9 Å². The van der Waals surface area contributed by atoms with Crippen LogP contribution in [0.5, 0.6) is 0 Å². The third-order valence-corrected chi connectivity index (χ3v) is 4.00. The molecule has 3 rings (SSSR count). The van der Waals surface area contributed by atoms with Gasteiger partial charge in [-0.1, -0.05) is 6.07 Å². The van der Waals surface area contributed by atoms with Gasteiger partial charge in [0.05, 0.1) is 11.9 Å². The van der Waals surface area contributed by atoms with Crippen LogP contribution >= 0.6 is 0 Å². The molecule has 1 N–H and O–H groups in total. The summed E-state index contributed by atoms with van der Waals surface area (Å²) in [5.74, 6) is -0.649. The van der Waals surface area contributed by atoms with E-state index in [4.69, 9.17) is 0 Å². The number of carbonyl (C=O) groups is 1. The Bertz CT molecular complexity index is 1160. The molecule has 2 aromatic heterocycles. The Morgan fingerprint density at radius 1 is 1.19 bits per heavy atom. The Kier molecular flexibility index (Phi) is 4.38. The number of nitrogens with one attached hydrogen (secondary N) is 1. The predicted molar refractivity (Wildman–Crippen MR) is 90.3 cm³/mol. The molecule has 0 bridgehead atoms. The lowest BCUT2D eigenvalue weighted by molar-refractivity contribution is -0.137. The minimum atomic E-state index is -4.53. The average Bonchev–Trinajstić information content (AvgIpc) is 3.01. The Morgan fingerprint density at radius 3 is 2.56 bits per heavy atom. The van der Waals surface area contributed by atoms with Gasteiger partial charge < -0.3 is 9.88 Å². The predicted octanol–water partition coefficient (Wildman–Crippen LogP) is 1.09. The van der Waals surface area contributed by atoms with Crippen molar-refractivity contribution in [1.29, 1.82) is 0 Å². The molecule has 0 saturated carbocycles. The fraction of sp³-hybridized carbons (Fsp3) is 0.250. The minimum absolute atomic E-state index is 0.0282. The molecule has 142 valence electrons. The average molecular weight is 381 g/mol. The van der Waals surface area contributed by atoms with Crippen molar-refractivity contribution >= 4 is 22.8 Å². The number of aromatic nitrogens is 4. The van der Waals surface area contributed by atoms with Crippen molar-refractivity contribution in [3.63, 3.8) is 0 Å². The summed E-state index contributed by atoms with van der Waals surface area (Å²) in [5.41, 5.74) is -1.96. The second-order valence-electron chi connectivity index (χ2n) is 5.88. The molecular weight excluding hydrogens is 367 g/mol. The van der Waals surface area contributed by atoms with Gasteiger partial charge in [-0.2, -0.15) is 13.2 Å². The highest BCUT2D eigenvalue weighted by Gasteiger charge is 2.30. The van der Waals surface area contributed by atoms with Crippen molar-refractivity contribution in [2.75, 3.05) is 5.32 Å². The van der Waals surface area contributed by atoms with Crippen LogP contribution in [0, 0.1) is 0 Å². The summed E-state index contributed by atoms with van der Waals surface area (Å²) in [6, 6.07) is 4.20. The van der Waals surface area contributed by atoms with E-state index in [1.807, 2.05) is 0 Å². The van der Waals surface area contributed by atoms with E-state index in [0.29, 0.717) is 0 Å². The molecule has 0 aliphatic rings. The van der Waals surface area contributed by atoms with Crippen molar-refractivity contribution < 1.29 is 18.0 Å². The molecule has 2 heterocycles. The highest BCUT2D eigenvalue weighted by Crippen LogP contribution is 2.30. The standard InChI is InChI=1S/C16H14F3N5O3/c1-22-13-12(14(26)23(2)15(22)27)24(8-20-13)7-11(25)21-10-5-3-4-9(6-10)16(17,18)19/h3-6,8H,7H2,1-2H3,(H,21,25). The SMILES string of the molecule is Cn1c(=O)c2c(ncn2CC(=O)Nc2cccc(C(F)(F)F)c2)n(C)c1=O. The maximum absolute atomic E-state index is 12.7. The van der Waals surface area contributed by atoms with Crippen molar-refractivity contribution in [2.24, 2.45) is 14.1 Å². The fourth-order valence-corrected chi connectivity index (χ4v) is 2.65. The highest BCUT2D eigenvalue weighted by atomic mass is 19.4. The topological polar surface area (TPSA) is 90.9 Å². The monoisotopic (exact) mass is 381 g/mol. The molecule has 0 fully saturated rings. The number of hydrogen-bond donors (Lipinski definition) is 1. The Balaban J connectivity index is 1.90. The van der Waals surface area contributed by atoms with Crippen LogP contribution in [0.25, 0.3) is 11.2 Å². The third kappa shape index (κ3) is 3.35. The van der Waals surface area contributed by atoms with Gasteiger partial charge in [-0.15, -0.1) is 0 Å². The zero-order valence-electron chi connectivity index (χ0n) is 14.2. The van der Waals surface area contributed by atoms with E-state index in [1.165, 1.54) is 37.1 Å². The number of carbonyl (C=O) groups excluding carboxylic acids is 1. The van der Waals surface area contributed by atoms with E-state index in [0.717, 1.165) is 21.3 Å². The lowest BCUT2D eigenvalue weighted by Crippen LogP contribution is -2.37. The van der Waals surface area contributed by atoms with Crippen LogP contribution < -0.4 is 16.6 Å². The van der Waals surface area contributed by atoms with Crippen LogP contribution in [0.1, 0.15) is 5.56 Å². The normalized spacial score (nSPS) is 11.7. The van der Waals surface area contributed by atoms with Gasteiger partial charge in [0.2, 0.25) is 5.91 Å². The zero-order valence-corrected chi connectivity index (χ0v) is 14.2. The summed E-state index contributed by atoms with van der Waals surface area (Å²) >= 11 is 0. The number of fused-ring (bicyclic) bond motifs is 1. The van der Waals surface area contributed by atoms with Crippen molar-refractivity contribution in [2.45, 2.75) is 12.7 Å². The lowest BCUT2D eigenvalue weighted by atomic mass is 10.2. The quantitative estimate of drug-likeness (QED) is 0.735. The van der Waals surface area contributed by atoms with E-state index >= 15 is 0 Å². The van der Waals surface area contributed by atoms with Gasteiger partial charge in [0.15, 0.2) is 11.2 Å². The highest BCUT2D eigenvalue weighted by molar-refractivity contribution is 5.91. The largest absolute Gasteiger partial charge is 0.416 e. The lowest BCUT2D eigenvalue weighted by Gasteiger charge is -2.10. The molecule has 1 amide bonds. The molecule has 0 aliphatic heterocycles. The molecular formula is C16H14F3N5O3. The number of hydrogen-bond acceptors (Lipinski definition) is 4. The first-order chi connectivity index (χ1) is 12.6. The van der Waals surface area contributed by atoms with E-state index in [2.05, 4.69) is 10.3 Å². The van der Waals surface area contributed by atoms with Crippen molar-refractivity contribution in [3.8, 4) is 0 Å². The molecule has 0 radical (unpaired) electrons. The van der Waals surface area contributed by atoms with E-state index in [9.17, 15) is 27.6 Å². The Labute approximate surface area is 149 Å². The van der Waals surface area contributed by atoms with E-state index < -0.39 is 28.9 Å². The molecule has 0 spiro atoms. The zero-order chi connectivity index (χ0) is 19.9. The van der Waals surface area contributed by atoms with E-state index in [-0.39, 0.29) is 23.4 Å². The maximum atomic E-state index is 12.7. The van der Waals surface area contributed by atoms with Crippen molar-refractivity contribution in [1.82, 2.24) is 18.7 Å². The molecule has 3 aromatic rings. The molecule has 27 heavy (non-hydrogen) atoms. The van der Waals surface area contributed by atoms with Crippen LogP contribution in [0.3, 0.4) is 0 Å². The molecule has 0 atom stereocenters. The van der Waals surface area contributed by atoms with Crippen molar-refractivity contribution in [3.05, 3.63) is 57.0 Å². The fourth-order valence-electron chi connectivity index (χ4n) is 2.65. The van der Waals surface area contributed by atoms with Gasteiger partial charge in [0.1, 0.15) is 6.54 Å². The van der Waals surface area contributed by atoms with Crippen LogP contribution in [0.15, 0.2) is 40.2 Å². The number of benzene rings is 1. The second kappa shape index (κ2) is 6.41. The first-order valence-electron chi connectivity index (χ1n) is 7.67. The summed E-state index contributed by atoms with van der Waals surface area (Å²) in [6.45, 7) is -0.361. The van der Waals surface area contributed by atoms with Gasteiger partial charge in [0, 0.05) is 19.8 Å². The van der Waals surface area contributed by atoms with E-state index in [1.54, 1.807) is 0 Å². The third-order valence-electron chi connectivity index (χ3n) is 4.00. The molecule has 0 saturated heterocycles. The molecule has 11 heteroatoms. The number of anilines is 1. The smallest absolute Gasteiger partial charge is 0.325 e. The van der Waals surface area contributed by atoms with Gasteiger partial charge in [0.25, 0.3) is 5.56 Å². The van der Waals surface area contributed by atoms with Crippen LogP contribution in [-0.4, -0.2) is 24.6 Å². The summed E-state index contributed by atoms with van der Waals surface area (Å²) in [7, 11) is 2.73. The maximum Gasteiger partial charge on any atom is 0.416 e. The van der Waals surface area contributed by atoms with Crippen LogP contribution in [0.2, 0.25) is 0 Å². The Morgan fingerprint density at radius 2 is 1.89 bits per heavy atom. The number of alkyl halides is 3. The summed E-state index contributed by atoms with van der Waals surface area (Å²) in [6.07, 6.45) is -3.31. The molecule has 1 aromatic carbocycles. The van der Waals surface area contributed by atoms with Gasteiger partial charge in [-0.25, -0.2) is 9.78 Å². The minimum Gasteiger partial charge on any atom is -0.325 e. The van der Waals surface area contributed by atoms with Crippen LogP contribution in [-0.2, 0) is 31.6 Å². The van der Waals surface area contributed by atoms with Gasteiger partial charge in [-0.05, 0) is 18.2 Å². The van der Waals surface area contributed by atoms with Gasteiger partial charge in [-0.3, -0.25) is 18.7 Å². The first-order valence-corrected chi connectivity index (χ1v) is 7.67. The number of aryl methyl sites for hydroxylation is 1. The number of nitrogens with zero attached hydrogens (tertiary/aromatic N) is 4. The van der Waals surface area contributed by atoms with Gasteiger partial charge >= 0.3 is 11.9 Å². The summed E-state index contributed by atoms with van der Waals surface area (Å²) in [4.78, 5) is 40.4.